The Morgan fingerprint density at radius 2 is 1.77 bits per heavy atom. The van der Waals surface area contributed by atoms with Gasteiger partial charge in [0.05, 0.1) is 18.3 Å². The van der Waals surface area contributed by atoms with Crippen molar-refractivity contribution in [2.45, 2.75) is 13.1 Å². The molecule has 0 saturated carbocycles. The minimum Gasteiger partial charge on any atom is -0.304 e. The van der Waals surface area contributed by atoms with Crippen molar-refractivity contribution >= 4 is 28.3 Å². The Bertz CT molecular complexity index is 1070. The summed E-state index contributed by atoms with van der Waals surface area (Å²) in [5.41, 5.74) is 1.04. The van der Waals surface area contributed by atoms with E-state index in [1.165, 1.54) is 5.39 Å². The van der Waals surface area contributed by atoms with Crippen molar-refractivity contribution in [3.05, 3.63) is 60.3 Å². The van der Waals surface area contributed by atoms with Gasteiger partial charge in [-0.05, 0) is 17.8 Å². The molecule has 5 rings (SSSR count). The second kappa shape index (κ2) is 7.66. The molecule has 1 aromatic heterocycles. The van der Waals surface area contributed by atoms with E-state index in [1.54, 1.807) is 6.20 Å². The van der Waals surface area contributed by atoms with Crippen LogP contribution in [0.2, 0.25) is 0 Å². The Morgan fingerprint density at radius 1 is 1.00 bits per heavy atom. The van der Waals surface area contributed by atoms with Crippen LogP contribution in [0.1, 0.15) is 12.5 Å². The number of aromatic nitrogens is 2. The molecule has 3 heterocycles. The molecule has 0 amide bonds. The first kappa shape index (κ1) is 19.0. The van der Waals surface area contributed by atoms with Crippen molar-refractivity contribution < 1.29 is 0 Å². The predicted octanol–water partition coefficient (Wildman–Crippen LogP) is 3.02. The van der Waals surface area contributed by atoms with E-state index in [0.29, 0.717) is 5.84 Å². The second-order valence-electron chi connectivity index (χ2n) is 8.20. The molecule has 0 aliphatic carbocycles. The SMILES string of the molecule is CC1C(=N)N=C(c2cccc3ccccc23)N(c2ccn[nH]2)C1N1CCN(C)CC1. The van der Waals surface area contributed by atoms with E-state index in [4.69, 9.17) is 10.4 Å². The zero-order valence-electron chi connectivity index (χ0n) is 17.4. The smallest absolute Gasteiger partial charge is 0.145 e. The molecule has 2 atom stereocenters. The highest BCUT2D eigenvalue weighted by atomic mass is 15.4. The molecule has 2 unspecified atom stereocenters. The Balaban J connectivity index is 1.67. The Labute approximate surface area is 176 Å². The van der Waals surface area contributed by atoms with E-state index in [2.05, 4.69) is 81.3 Å². The van der Waals surface area contributed by atoms with Gasteiger partial charge in [-0.25, -0.2) is 4.99 Å². The second-order valence-corrected chi connectivity index (χ2v) is 8.20. The monoisotopic (exact) mass is 401 g/mol. The highest BCUT2D eigenvalue weighted by Crippen LogP contribution is 2.32. The summed E-state index contributed by atoms with van der Waals surface area (Å²) in [5, 5.41) is 18.4. The maximum absolute atomic E-state index is 8.71. The number of benzene rings is 2. The van der Waals surface area contributed by atoms with Crippen LogP contribution < -0.4 is 4.90 Å². The van der Waals surface area contributed by atoms with Crippen molar-refractivity contribution in [1.29, 1.82) is 5.41 Å². The van der Waals surface area contributed by atoms with Gasteiger partial charge < -0.3 is 4.90 Å². The maximum Gasteiger partial charge on any atom is 0.145 e. The number of fused-ring (bicyclic) bond motifs is 1. The summed E-state index contributed by atoms with van der Waals surface area (Å²) in [6.45, 7) is 6.08. The van der Waals surface area contributed by atoms with E-state index in [0.717, 1.165) is 48.8 Å². The van der Waals surface area contributed by atoms with Gasteiger partial charge in [0, 0.05) is 37.8 Å². The molecule has 2 N–H and O–H groups in total. The van der Waals surface area contributed by atoms with Crippen LogP contribution in [-0.4, -0.2) is 71.1 Å². The van der Waals surface area contributed by atoms with E-state index in [9.17, 15) is 0 Å². The number of likely N-dealkylation sites (N-methyl/N-ethyl adjacent to an activating group) is 1. The molecular formula is C23H27N7. The first-order valence-electron chi connectivity index (χ1n) is 10.5. The van der Waals surface area contributed by atoms with E-state index >= 15 is 0 Å². The van der Waals surface area contributed by atoms with Crippen LogP contribution >= 0.6 is 0 Å². The Morgan fingerprint density at radius 3 is 2.53 bits per heavy atom. The average molecular weight is 402 g/mol. The quantitative estimate of drug-likeness (QED) is 0.708. The topological polar surface area (TPSA) is 74.6 Å². The van der Waals surface area contributed by atoms with Crippen LogP contribution in [0.15, 0.2) is 59.7 Å². The largest absolute Gasteiger partial charge is 0.304 e. The summed E-state index contributed by atoms with van der Waals surface area (Å²) in [7, 11) is 2.17. The molecule has 0 radical (unpaired) electrons. The molecule has 7 heteroatoms. The summed E-state index contributed by atoms with van der Waals surface area (Å²) >= 11 is 0. The van der Waals surface area contributed by atoms with Crippen LogP contribution in [0.4, 0.5) is 5.82 Å². The predicted molar refractivity (Wildman–Crippen MR) is 121 cm³/mol. The summed E-state index contributed by atoms with van der Waals surface area (Å²) in [6, 6.07) is 16.6. The fourth-order valence-electron chi connectivity index (χ4n) is 4.58. The van der Waals surface area contributed by atoms with E-state index in [1.807, 2.05) is 6.07 Å². The minimum absolute atomic E-state index is 0.0121. The summed E-state index contributed by atoms with van der Waals surface area (Å²) in [6.07, 6.45) is 1.79. The number of hydrogen-bond donors (Lipinski definition) is 2. The fraction of sp³-hybridized carbons (Fsp3) is 0.348. The van der Waals surface area contributed by atoms with Gasteiger partial charge in [-0.1, -0.05) is 49.4 Å². The first-order valence-corrected chi connectivity index (χ1v) is 10.5. The zero-order chi connectivity index (χ0) is 20.7. The normalized spacial score (nSPS) is 23.7. The van der Waals surface area contributed by atoms with Crippen molar-refractivity contribution in [2.75, 3.05) is 38.1 Å². The number of aromatic amines is 1. The van der Waals surface area contributed by atoms with Crippen molar-refractivity contribution in [1.82, 2.24) is 20.0 Å². The Kier molecular flexibility index (Phi) is 4.84. The lowest BCUT2D eigenvalue weighted by molar-refractivity contribution is 0.100. The van der Waals surface area contributed by atoms with Gasteiger partial charge in [0.25, 0.3) is 0 Å². The number of amidine groups is 2. The molecule has 2 aromatic carbocycles. The van der Waals surface area contributed by atoms with Crippen LogP contribution in [0.25, 0.3) is 10.8 Å². The van der Waals surface area contributed by atoms with Gasteiger partial charge in [-0.2, -0.15) is 5.10 Å². The third kappa shape index (κ3) is 3.20. The first-order chi connectivity index (χ1) is 14.6. The van der Waals surface area contributed by atoms with E-state index in [-0.39, 0.29) is 12.1 Å². The highest BCUT2D eigenvalue weighted by molar-refractivity contribution is 6.21. The average Bonchev–Trinajstić information content (AvgIpc) is 3.30. The number of anilines is 1. The number of nitrogens with one attached hydrogen (secondary N) is 2. The molecule has 0 spiro atoms. The lowest BCUT2D eigenvalue weighted by atomic mass is 9.97. The van der Waals surface area contributed by atoms with Crippen molar-refractivity contribution in [2.24, 2.45) is 10.9 Å². The van der Waals surface area contributed by atoms with Gasteiger partial charge >= 0.3 is 0 Å². The molecule has 1 fully saturated rings. The lowest BCUT2D eigenvalue weighted by Gasteiger charge is -2.48. The van der Waals surface area contributed by atoms with Gasteiger partial charge in [-0.3, -0.25) is 20.3 Å². The maximum atomic E-state index is 8.71. The van der Waals surface area contributed by atoms with Crippen molar-refractivity contribution in [3.63, 3.8) is 0 Å². The van der Waals surface area contributed by atoms with Crippen LogP contribution in [-0.2, 0) is 0 Å². The van der Waals surface area contributed by atoms with Gasteiger partial charge in [0.15, 0.2) is 0 Å². The van der Waals surface area contributed by atoms with Crippen LogP contribution in [0, 0.1) is 11.3 Å². The number of H-pyrrole nitrogens is 1. The molecule has 154 valence electrons. The summed E-state index contributed by atoms with van der Waals surface area (Å²) in [5.74, 6) is 2.13. The molecule has 1 saturated heterocycles. The Hall–Kier alpha value is -3.03. The third-order valence-electron chi connectivity index (χ3n) is 6.29. The molecule has 2 aliphatic rings. The number of piperazine rings is 1. The van der Waals surface area contributed by atoms with Gasteiger partial charge in [-0.15, -0.1) is 0 Å². The fourth-order valence-corrected chi connectivity index (χ4v) is 4.58. The summed E-state index contributed by atoms with van der Waals surface area (Å²) in [4.78, 5) is 11.9. The number of rotatable bonds is 3. The third-order valence-corrected chi connectivity index (χ3v) is 6.29. The van der Waals surface area contributed by atoms with E-state index < -0.39 is 0 Å². The number of hydrogen-bond acceptors (Lipinski definition) is 5. The number of nitrogens with zero attached hydrogens (tertiary/aromatic N) is 5. The van der Waals surface area contributed by atoms with Gasteiger partial charge in [0.2, 0.25) is 0 Å². The molecule has 7 nitrogen and oxygen atoms in total. The van der Waals surface area contributed by atoms with Crippen LogP contribution in [0.3, 0.4) is 0 Å². The zero-order valence-corrected chi connectivity index (χ0v) is 17.4. The molecule has 2 aliphatic heterocycles. The number of aliphatic imine (C=N–C) groups is 1. The molecule has 0 bridgehead atoms. The molecule has 3 aromatic rings. The van der Waals surface area contributed by atoms with Crippen LogP contribution in [0.5, 0.6) is 0 Å². The standard InChI is InChI=1S/C23H27N7/c1-16-21(24)26-22(19-9-5-7-17-6-3-4-8-18(17)19)30(20-10-11-25-27-20)23(16)29-14-12-28(2)13-15-29/h3-11,16,23-24H,12-15H2,1-2H3,(H,25,27). The lowest BCUT2D eigenvalue weighted by Crippen LogP contribution is -2.62. The summed E-state index contributed by atoms with van der Waals surface area (Å²) < 4.78 is 0. The highest BCUT2D eigenvalue weighted by Gasteiger charge is 2.41. The van der Waals surface area contributed by atoms with Crippen molar-refractivity contribution in [3.8, 4) is 0 Å². The molecular weight excluding hydrogens is 374 g/mol. The minimum atomic E-state index is -0.0181. The van der Waals surface area contributed by atoms with Gasteiger partial charge in [0.1, 0.15) is 17.5 Å². The molecule has 30 heavy (non-hydrogen) atoms.